The van der Waals surface area contributed by atoms with Crippen molar-refractivity contribution in [2.45, 2.75) is 25.5 Å². The molecule has 1 aromatic rings. The van der Waals surface area contributed by atoms with Gasteiger partial charge in [0.15, 0.2) is 0 Å². The quantitative estimate of drug-likeness (QED) is 0.794. The molecule has 0 saturated carbocycles. The molecule has 0 unspecified atom stereocenters. The summed E-state index contributed by atoms with van der Waals surface area (Å²) < 4.78 is 35.4. The van der Waals surface area contributed by atoms with Crippen molar-refractivity contribution >= 4 is 31.3 Å². The van der Waals surface area contributed by atoms with Crippen molar-refractivity contribution in [3.63, 3.8) is 0 Å². The third-order valence-electron chi connectivity index (χ3n) is 2.08. The van der Waals surface area contributed by atoms with Crippen molar-refractivity contribution < 1.29 is 12.8 Å². The third-order valence-corrected chi connectivity index (χ3v) is 3.36. The minimum Gasteiger partial charge on any atom is -0.212 e. The lowest BCUT2D eigenvalue weighted by Gasteiger charge is -2.10. The van der Waals surface area contributed by atoms with Gasteiger partial charge in [-0.1, -0.05) is 31.5 Å². The number of hydrogen-bond donors (Lipinski definition) is 0. The Balaban J connectivity index is 3.24. The van der Waals surface area contributed by atoms with Crippen LogP contribution in [-0.2, 0) is 14.8 Å². The fourth-order valence-corrected chi connectivity index (χ4v) is 2.56. The molecule has 1 rings (SSSR count). The van der Waals surface area contributed by atoms with Crippen molar-refractivity contribution in [1.29, 1.82) is 0 Å². The van der Waals surface area contributed by atoms with Crippen LogP contribution in [-0.4, -0.2) is 8.42 Å². The van der Waals surface area contributed by atoms with Gasteiger partial charge in [0.1, 0.15) is 5.82 Å². The van der Waals surface area contributed by atoms with Gasteiger partial charge in [0.05, 0.1) is 10.8 Å². The van der Waals surface area contributed by atoms with Crippen LogP contribution in [0.3, 0.4) is 0 Å². The van der Waals surface area contributed by atoms with E-state index in [0.717, 1.165) is 0 Å². The van der Waals surface area contributed by atoms with Crippen molar-refractivity contribution in [1.82, 2.24) is 0 Å². The molecule has 0 amide bonds. The van der Waals surface area contributed by atoms with Crippen molar-refractivity contribution in [3.05, 3.63) is 34.1 Å². The molecule has 90 valence electrons. The fourth-order valence-electron chi connectivity index (χ4n) is 1.37. The summed E-state index contributed by atoms with van der Waals surface area (Å²) in [5.41, 5.74) is 0.785. The lowest BCUT2D eigenvalue weighted by molar-refractivity contribution is 0.596. The summed E-state index contributed by atoms with van der Waals surface area (Å²) >= 11 is 5.68. The Labute approximate surface area is 104 Å². The Kier molecular flexibility index (Phi) is 4.21. The summed E-state index contributed by atoms with van der Waals surface area (Å²) in [6, 6.07) is 2.76. The molecule has 0 bridgehead atoms. The summed E-state index contributed by atoms with van der Waals surface area (Å²) in [5, 5.41) is -0.0819. The Morgan fingerprint density at radius 3 is 2.38 bits per heavy atom. The molecule has 0 N–H and O–H groups in total. The van der Waals surface area contributed by atoms with E-state index in [4.69, 9.17) is 22.3 Å². The standard InChI is InChI=1S/C10H11Cl2FO2S/c1-6(2)8-3-7(5-16(12,14)15)4-9(11)10(8)13/h3-4,6H,5H2,1-2H3. The first-order chi connectivity index (χ1) is 7.20. The molecule has 0 radical (unpaired) electrons. The van der Waals surface area contributed by atoms with Gasteiger partial charge in [-0.25, -0.2) is 12.8 Å². The van der Waals surface area contributed by atoms with Crippen LogP contribution in [0.5, 0.6) is 0 Å². The molecule has 16 heavy (non-hydrogen) atoms. The molecule has 0 aliphatic carbocycles. The Morgan fingerprint density at radius 2 is 1.94 bits per heavy atom. The van der Waals surface area contributed by atoms with Gasteiger partial charge in [-0.15, -0.1) is 0 Å². The van der Waals surface area contributed by atoms with E-state index >= 15 is 0 Å². The van der Waals surface area contributed by atoms with Crippen LogP contribution in [0.4, 0.5) is 4.39 Å². The van der Waals surface area contributed by atoms with Crippen molar-refractivity contribution in [3.8, 4) is 0 Å². The predicted octanol–water partition coefficient (Wildman–Crippen LogP) is 3.67. The first-order valence-corrected chi connectivity index (χ1v) is 7.46. The molecule has 0 aliphatic rings. The van der Waals surface area contributed by atoms with Gasteiger partial charge >= 0.3 is 0 Å². The van der Waals surface area contributed by atoms with Gasteiger partial charge < -0.3 is 0 Å². The van der Waals surface area contributed by atoms with Crippen LogP contribution in [0.25, 0.3) is 0 Å². The van der Waals surface area contributed by atoms with E-state index < -0.39 is 14.9 Å². The number of halogens is 3. The zero-order chi connectivity index (χ0) is 12.5. The monoisotopic (exact) mass is 284 g/mol. The highest BCUT2D eigenvalue weighted by Crippen LogP contribution is 2.27. The first-order valence-electron chi connectivity index (χ1n) is 4.61. The minimum absolute atomic E-state index is 0.0736. The molecule has 0 atom stereocenters. The van der Waals surface area contributed by atoms with Gasteiger partial charge in [-0.05, 0) is 23.1 Å². The summed E-state index contributed by atoms with van der Waals surface area (Å²) in [4.78, 5) is 0. The van der Waals surface area contributed by atoms with E-state index in [9.17, 15) is 12.8 Å². The molecule has 1 aromatic carbocycles. The highest BCUT2D eigenvalue weighted by atomic mass is 35.7. The third kappa shape index (κ3) is 3.61. The maximum atomic E-state index is 13.6. The van der Waals surface area contributed by atoms with Gasteiger partial charge in [0.25, 0.3) is 0 Å². The number of benzene rings is 1. The number of hydrogen-bond acceptors (Lipinski definition) is 2. The Hall–Kier alpha value is -0.320. The lowest BCUT2D eigenvalue weighted by atomic mass is 10.0. The van der Waals surface area contributed by atoms with Crippen molar-refractivity contribution in [2.24, 2.45) is 0 Å². The summed E-state index contributed by atoms with van der Waals surface area (Å²) in [5.74, 6) is -0.934. The van der Waals surface area contributed by atoms with Gasteiger partial charge in [-0.3, -0.25) is 0 Å². The molecule has 0 heterocycles. The van der Waals surface area contributed by atoms with E-state index in [2.05, 4.69) is 0 Å². The second kappa shape index (κ2) is 4.90. The van der Waals surface area contributed by atoms with E-state index in [1.165, 1.54) is 12.1 Å². The normalized spacial score (nSPS) is 12.1. The fraction of sp³-hybridized carbons (Fsp3) is 0.400. The van der Waals surface area contributed by atoms with Gasteiger partial charge in [0, 0.05) is 10.7 Å². The Morgan fingerprint density at radius 1 is 1.38 bits per heavy atom. The molecule has 2 nitrogen and oxygen atoms in total. The summed E-state index contributed by atoms with van der Waals surface area (Å²) in [6.07, 6.45) is 0. The van der Waals surface area contributed by atoms with E-state index in [1.54, 1.807) is 13.8 Å². The highest BCUT2D eigenvalue weighted by molar-refractivity contribution is 8.13. The van der Waals surface area contributed by atoms with Crippen LogP contribution in [0.15, 0.2) is 12.1 Å². The van der Waals surface area contributed by atoms with Crippen LogP contribution < -0.4 is 0 Å². The smallest absolute Gasteiger partial charge is 0.212 e. The van der Waals surface area contributed by atoms with Crippen LogP contribution in [0.1, 0.15) is 30.9 Å². The SMILES string of the molecule is CC(C)c1cc(CS(=O)(=O)Cl)cc(Cl)c1F. The van der Waals surface area contributed by atoms with E-state index in [0.29, 0.717) is 11.1 Å². The van der Waals surface area contributed by atoms with Crippen molar-refractivity contribution in [2.75, 3.05) is 0 Å². The largest absolute Gasteiger partial charge is 0.236 e. The number of rotatable bonds is 3. The second-order valence-corrected chi connectivity index (χ2v) is 7.00. The topological polar surface area (TPSA) is 34.1 Å². The first kappa shape index (κ1) is 13.7. The molecular formula is C10H11Cl2FO2S. The summed E-state index contributed by atoms with van der Waals surface area (Å²) in [6.45, 7) is 3.60. The maximum Gasteiger partial charge on any atom is 0.236 e. The van der Waals surface area contributed by atoms with E-state index in [1.807, 2.05) is 0 Å². The molecule has 0 saturated heterocycles. The highest BCUT2D eigenvalue weighted by Gasteiger charge is 2.15. The molecule has 0 aliphatic heterocycles. The summed E-state index contributed by atoms with van der Waals surface area (Å²) in [7, 11) is 1.47. The van der Waals surface area contributed by atoms with Crippen LogP contribution in [0, 0.1) is 5.82 Å². The van der Waals surface area contributed by atoms with Gasteiger partial charge in [-0.2, -0.15) is 0 Å². The average Bonchev–Trinajstić information content (AvgIpc) is 2.07. The second-order valence-electron chi connectivity index (χ2n) is 3.82. The average molecular weight is 285 g/mol. The van der Waals surface area contributed by atoms with Crippen LogP contribution in [0.2, 0.25) is 5.02 Å². The zero-order valence-corrected chi connectivity index (χ0v) is 11.1. The molecule has 0 fully saturated rings. The van der Waals surface area contributed by atoms with E-state index in [-0.39, 0.29) is 16.7 Å². The lowest BCUT2D eigenvalue weighted by Crippen LogP contribution is -2.00. The molecule has 0 spiro atoms. The molecular weight excluding hydrogens is 274 g/mol. The Bertz CT molecular complexity index is 498. The minimum atomic E-state index is -3.66. The molecule has 6 heteroatoms. The van der Waals surface area contributed by atoms with Gasteiger partial charge in [0.2, 0.25) is 9.05 Å². The maximum absolute atomic E-state index is 13.6. The zero-order valence-electron chi connectivity index (χ0n) is 8.80. The predicted molar refractivity (Wildman–Crippen MR) is 64.0 cm³/mol. The van der Waals surface area contributed by atoms with Crippen LogP contribution >= 0.6 is 22.3 Å². The molecule has 0 aromatic heterocycles.